The van der Waals surface area contributed by atoms with Crippen LogP contribution in [0.15, 0.2) is 24.3 Å². The van der Waals surface area contributed by atoms with Gasteiger partial charge in [-0.25, -0.2) is 0 Å². The molecule has 1 aromatic rings. The van der Waals surface area contributed by atoms with E-state index in [9.17, 15) is 9.59 Å². The molecule has 0 N–H and O–H groups in total. The summed E-state index contributed by atoms with van der Waals surface area (Å²) in [5.41, 5.74) is 1.95. The van der Waals surface area contributed by atoms with Gasteiger partial charge in [-0.1, -0.05) is 6.92 Å². The highest BCUT2D eigenvalue weighted by molar-refractivity contribution is 5.94. The molecule has 24 heavy (non-hydrogen) atoms. The van der Waals surface area contributed by atoms with E-state index in [1.54, 1.807) is 0 Å². The molecular weight excluding hydrogens is 302 g/mol. The Bertz CT molecular complexity index is 571. The van der Waals surface area contributed by atoms with Gasteiger partial charge in [-0.2, -0.15) is 0 Å². The van der Waals surface area contributed by atoms with Crippen LogP contribution >= 0.6 is 0 Å². The molecule has 0 aliphatic carbocycles. The first-order valence-corrected chi connectivity index (χ1v) is 9.11. The Morgan fingerprint density at radius 2 is 1.46 bits per heavy atom. The maximum absolute atomic E-state index is 12.6. The van der Waals surface area contributed by atoms with Crippen molar-refractivity contribution < 1.29 is 9.59 Å². The third kappa shape index (κ3) is 3.71. The number of amides is 2. The molecule has 2 aliphatic heterocycles. The van der Waals surface area contributed by atoms with Gasteiger partial charge in [-0.05, 0) is 43.5 Å². The van der Waals surface area contributed by atoms with Gasteiger partial charge in [0.1, 0.15) is 0 Å². The smallest absolute Gasteiger partial charge is 0.253 e. The van der Waals surface area contributed by atoms with Gasteiger partial charge in [0.25, 0.3) is 5.91 Å². The number of benzene rings is 1. The van der Waals surface area contributed by atoms with Crippen molar-refractivity contribution in [2.75, 3.05) is 44.2 Å². The van der Waals surface area contributed by atoms with Crippen LogP contribution in [0.5, 0.6) is 0 Å². The maximum atomic E-state index is 12.6. The van der Waals surface area contributed by atoms with Gasteiger partial charge in [0, 0.05) is 56.9 Å². The fraction of sp³-hybridized carbons (Fsp3) is 0.579. The van der Waals surface area contributed by atoms with Crippen molar-refractivity contribution in [1.82, 2.24) is 9.80 Å². The lowest BCUT2D eigenvalue weighted by Gasteiger charge is -2.35. The predicted molar refractivity (Wildman–Crippen MR) is 95.3 cm³/mol. The molecule has 2 saturated heterocycles. The zero-order valence-corrected chi connectivity index (χ0v) is 14.5. The van der Waals surface area contributed by atoms with Crippen LogP contribution in [0, 0.1) is 0 Å². The summed E-state index contributed by atoms with van der Waals surface area (Å²) in [4.78, 5) is 30.7. The first-order valence-electron chi connectivity index (χ1n) is 9.11. The van der Waals surface area contributed by atoms with Gasteiger partial charge in [0.2, 0.25) is 5.91 Å². The number of hydrogen-bond acceptors (Lipinski definition) is 3. The zero-order chi connectivity index (χ0) is 16.9. The van der Waals surface area contributed by atoms with Crippen molar-refractivity contribution in [3.05, 3.63) is 29.8 Å². The Labute approximate surface area is 144 Å². The summed E-state index contributed by atoms with van der Waals surface area (Å²) in [7, 11) is 0. The normalized spacial score (nSPS) is 18.1. The second kappa shape index (κ2) is 7.69. The molecule has 3 rings (SSSR count). The summed E-state index contributed by atoms with van der Waals surface area (Å²) >= 11 is 0. The number of nitrogens with zero attached hydrogens (tertiary/aromatic N) is 3. The van der Waals surface area contributed by atoms with Crippen LogP contribution in [0.4, 0.5) is 5.69 Å². The monoisotopic (exact) mass is 329 g/mol. The molecule has 0 bridgehead atoms. The standard InChI is InChI=1S/C19H27N3O2/c1-2-5-18(23)21-12-14-22(15-13-21)19(24)16-6-8-17(9-7-16)20-10-3-4-11-20/h6-9H,2-5,10-15H2,1H3. The zero-order valence-electron chi connectivity index (χ0n) is 14.5. The Morgan fingerprint density at radius 3 is 2.04 bits per heavy atom. The molecule has 2 aliphatic rings. The molecular formula is C19H27N3O2. The van der Waals surface area contributed by atoms with E-state index in [4.69, 9.17) is 0 Å². The SMILES string of the molecule is CCCC(=O)N1CCN(C(=O)c2ccc(N3CCCC3)cc2)CC1. The van der Waals surface area contributed by atoms with Crippen molar-refractivity contribution >= 4 is 17.5 Å². The van der Waals surface area contributed by atoms with Crippen molar-refractivity contribution in [2.24, 2.45) is 0 Å². The molecule has 2 fully saturated rings. The average molecular weight is 329 g/mol. The molecule has 1 aromatic carbocycles. The highest BCUT2D eigenvalue weighted by atomic mass is 16.2. The Hall–Kier alpha value is -2.04. The fourth-order valence-electron chi connectivity index (χ4n) is 3.50. The quantitative estimate of drug-likeness (QED) is 0.852. The number of carbonyl (C=O) groups is 2. The molecule has 130 valence electrons. The summed E-state index contributed by atoms with van der Waals surface area (Å²) in [6, 6.07) is 7.98. The van der Waals surface area contributed by atoms with Crippen LogP contribution in [0.2, 0.25) is 0 Å². The third-order valence-corrected chi connectivity index (χ3v) is 4.97. The topological polar surface area (TPSA) is 43.9 Å². The van der Waals surface area contributed by atoms with Crippen LogP contribution < -0.4 is 4.90 Å². The van der Waals surface area contributed by atoms with Gasteiger partial charge < -0.3 is 14.7 Å². The Balaban J connectivity index is 1.56. The minimum atomic E-state index is 0.0746. The molecule has 0 aromatic heterocycles. The van der Waals surface area contributed by atoms with Gasteiger partial charge in [-0.15, -0.1) is 0 Å². The van der Waals surface area contributed by atoms with Crippen LogP contribution in [0.3, 0.4) is 0 Å². The van der Waals surface area contributed by atoms with Crippen LogP contribution in [0.1, 0.15) is 43.0 Å². The summed E-state index contributed by atoms with van der Waals surface area (Å²) in [6.45, 7) is 6.79. The number of hydrogen-bond donors (Lipinski definition) is 0. The van der Waals surface area contributed by atoms with Crippen molar-refractivity contribution in [1.29, 1.82) is 0 Å². The molecule has 5 nitrogen and oxygen atoms in total. The molecule has 0 radical (unpaired) electrons. The molecule has 2 amide bonds. The lowest BCUT2D eigenvalue weighted by atomic mass is 10.1. The lowest BCUT2D eigenvalue weighted by Crippen LogP contribution is -2.50. The van der Waals surface area contributed by atoms with Crippen molar-refractivity contribution in [3.63, 3.8) is 0 Å². The van der Waals surface area contributed by atoms with E-state index >= 15 is 0 Å². The highest BCUT2D eigenvalue weighted by Gasteiger charge is 2.24. The fourth-order valence-corrected chi connectivity index (χ4v) is 3.50. The van der Waals surface area contributed by atoms with E-state index < -0.39 is 0 Å². The third-order valence-electron chi connectivity index (χ3n) is 4.97. The van der Waals surface area contributed by atoms with E-state index in [0.717, 1.165) is 25.1 Å². The van der Waals surface area contributed by atoms with Crippen molar-refractivity contribution in [2.45, 2.75) is 32.6 Å². The molecule has 0 spiro atoms. The summed E-state index contributed by atoms with van der Waals surface area (Å²) < 4.78 is 0. The highest BCUT2D eigenvalue weighted by Crippen LogP contribution is 2.21. The summed E-state index contributed by atoms with van der Waals surface area (Å²) in [5.74, 6) is 0.283. The lowest BCUT2D eigenvalue weighted by molar-refractivity contribution is -0.132. The average Bonchev–Trinajstić information content (AvgIpc) is 3.16. The summed E-state index contributed by atoms with van der Waals surface area (Å²) in [5, 5.41) is 0. The van der Waals surface area contributed by atoms with Crippen molar-refractivity contribution in [3.8, 4) is 0 Å². The number of rotatable bonds is 4. The van der Waals surface area contributed by atoms with Crippen LogP contribution in [0.25, 0.3) is 0 Å². The molecule has 0 atom stereocenters. The minimum absolute atomic E-state index is 0.0746. The van der Waals surface area contributed by atoms with Gasteiger partial charge in [0.05, 0.1) is 0 Å². The Morgan fingerprint density at radius 1 is 0.875 bits per heavy atom. The first-order chi connectivity index (χ1) is 11.7. The summed E-state index contributed by atoms with van der Waals surface area (Å²) in [6.07, 6.45) is 3.98. The predicted octanol–water partition coefficient (Wildman–Crippen LogP) is 2.37. The van der Waals surface area contributed by atoms with Crippen LogP contribution in [-0.4, -0.2) is 60.9 Å². The maximum Gasteiger partial charge on any atom is 0.253 e. The molecule has 5 heteroatoms. The first kappa shape index (κ1) is 16.8. The number of piperazine rings is 1. The van der Waals surface area contributed by atoms with Gasteiger partial charge >= 0.3 is 0 Å². The Kier molecular flexibility index (Phi) is 5.38. The second-order valence-electron chi connectivity index (χ2n) is 6.66. The van der Waals surface area contributed by atoms with E-state index in [0.29, 0.717) is 32.6 Å². The van der Waals surface area contributed by atoms with Crippen LogP contribution in [-0.2, 0) is 4.79 Å². The van der Waals surface area contributed by atoms with Gasteiger partial charge in [-0.3, -0.25) is 9.59 Å². The number of carbonyl (C=O) groups excluding carboxylic acids is 2. The number of anilines is 1. The van der Waals surface area contributed by atoms with E-state index in [-0.39, 0.29) is 11.8 Å². The van der Waals surface area contributed by atoms with E-state index in [1.807, 2.05) is 28.9 Å². The van der Waals surface area contributed by atoms with E-state index in [1.165, 1.54) is 18.5 Å². The van der Waals surface area contributed by atoms with Gasteiger partial charge in [0.15, 0.2) is 0 Å². The largest absolute Gasteiger partial charge is 0.372 e. The molecule has 0 unspecified atom stereocenters. The van der Waals surface area contributed by atoms with E-state index in [2.05, 4.69) is 17.0 Å². The second-order valence-corrected chi connectivity index (χ2v) is 6.66. The molecule has 2 heterocycles. The minimum Gasteiger partial charge on any atom is -0.372 e. The molecule has 0 saturated carbocycles.